The molecule has 1 aliphatic carbocycles. The van der Waals surface area contributed by atoms with Crippen LogP contribution in [-0.4, -0.2) is 175 Å². The highest BCUT2D eigenvalue weighted by molar-refractivity contribution is 7.16. The van der Waals surface area contributed by atoms with Crippen LogP contribution in [0.15, 0.2) is 96.7 Å². The predicted molar refractivity (Wildman–Crippen MR) is 330 cm³/mol. The van der Waals surface area contributed by atoms with Crippen molar-refractivity contribution in [3.05, 3.63) is 118 Å². The van der Waals surface area contributed by atoms with Gasteiger partial charge in [-0.05, 0) is 84.7 Å². The molecule has 0 spiro atoms. The number of fused-ring (bicyclic) bond motifs is 6. The van der Waals surface area contributed by atoms with Gasteiger partial charge < -0.3 is 75.3 Å². The Morgan fingerprint density at radius 1 is 0.874 bits per heavy atom. The summed E-state index contributed by atoms with van der Waals surface area (Å²) in [4.78, 5) is 88.1. The van der Waals surface area contributed by atoms with Crippen LogP contribution < -0.4 is 41.0 Å². The Morgan fingerprint density at radius 3 is 2.21 bits per heavy atom. The summed E-state index contributed by atoms with van der Waals surface area (Å²) in [5.41, 5.74) is 9.16. The van der Waals surface area contributed by atoms with Gasteiger partial charge in [0, 0.05) is 99.4 Å². The monoisotopic (exact) mass is 1240 g/mol. The van der Waals surface area contributed by atoms with Gasteiger partial charge in [0.15, 0.2) is 0 Å². The van der Waals surface area contributed by atoms with Gasteiger partial charge in [0.1, 0.15) is 29.9 Å². The number of likely N-dealkylation sites (N-methyl/N-ethyl adjacent to an activating group) is 2. The summed E-state index contributed by atoms with van der Waals surface area (Å²) in [7, 11) is 3.11. The van der Waals surface area contributed by atoms with Crippen molar-refractivity contribution in [1.82, 2.24) is 25.8 Å². The molecule has 4 aliphatic rings. The Morgan fingerprint density at radius 2 is 1.54 bits per heavy atom. The van der Waals surface area contributed by atoms with Gasteiger partial charge in [0.2, 0.25) is 18.1 Å². The number of carbonyl (C=O) groups is 6. The molecule has 466 valence electrons. The van der Waals surface area contributed by atoms with E-state index in [9.17, 15) is 49.2 Å². The third-order valence-corrected chi connectivity index (χ3v) is 17.5. The van der Waals surface area contributed by atoms with Gasteiger partial charge in [0.05, 0.1) is 53.0 Å². The van der Waals surface area contributed by atoms with Crippen LogP contribution in [0.4, 0.5) is 21.0 Å². The fourth-order valence-electron chi connectivity index (χ4n) is 11.2. The summed E-state index contributed by atoms with van der Waals surface area (Å²) >= 11 is 7.66. The maximum Gasteiger partial charge on any atom is 0.415 e. The maximum atomic E-state index is 14.6. The summed E-state index contributed by atoms with van der Waals surface area (Å²) in [5.74, 6) is -0.435. The molecule has 1 fully saturated rings. The quantitative estimate of drug-likeness (QED) is 0.0256. The van der Waals surface area contributed by atoms with Crippen molar-refractivity contribution in [3.8, 4) is 11.5 Å². The van der Waals surface area contributed by atoms with E-state index < -0.39 is 55.7 Å². The van der Waals surface area contributed by atoms with E-state index in [0.29, 0.717) is 89.1 Å². The minimum Gasteiger partial charge on any atom is -0.464 e. The van der Waals surface area contributed by atoms with Crippen molar-refractivity contribution >= 4 is 91.7 Å². The molecule has 24 heteroatoms. The van der Waals surface area contributed by atoms with Crippen molar-refractivity contribution in [3.63, 3.8) is 0 Å². The third kappa shape index (κ3) is 15.2. The van der Waals surface area contributed by atoms with Gasteiger partial charge in [-0.15, -0.1) is 22.9 Å². The van der Waals surface area contributed by atoms with Gasteiger partial charge >= 0.3 is 12.2 Å². The Labute approximate surface area is 513 Å². The molecule has 6 amide bonds. The first-order chi connectivity index (χ1) is 41.8. The molecule has 87 heavy (non-hydrogen) atoms. The first-order valence-corrected chi connectivity index (χ1v) is 30.8. The Balaban J connectivity index is 0.785. The fraction of sp³-hybridized carbons (Fsp3) is 0.460. The number of aliphatic hydroxyl groups is 4. The molecular formula is C63H77ClN8O14S. The topological polar surface area (TPSA) is 295 Å². The molecule has 0 saturated carbocycles. The third-order valence-electron chi connectivity index (χ3n) is 16.1. The minimum atomic E-state index is -1.29. The van der Waals surface area contributed by atoms with Crippen LogP contribution in [0.25, 0.3) is 21.5 Å². The van der Waals surface area contributed by atoms with Crippen molar-refractivity contribution in [2.75, 3.05) is 82.3 Å². The van der Waals surface area contributed by atoms with Crippen LogP contribution in [0.5, 0.6) is 11.5 Å². The standard InChI is InChI=1S/C63H77ClN8O14S/c1-36(2)15-22-54(75)66-32-55(76)68-45(14-9-24-65)59(78)67-39-18-16-37(17-19-39)35-83-62(81)69(3)26-27-70(4)63(82)86-50-28-46-41(40-10-5-6-11-42(40)50)23-25-71(46)60(79)52-20-21-53(87-52)61(80)72-33-38(31-64)57-44-13-8-7-12-43(44)49(29-47(57)72)84-56-30-48(74)58(77)51(34-73)85-56/h5-8,10-13,16,18-21,28-29,36-38,45,48,51,55-56,58,68,73-74,76-77H,9,14-15,17,22-27,30-35,65H2,1-4H3,(H,66,75)(H,67,78)/t37?,38-,45?,48-,51-,55?,56-,58-/m1/s1. The number of hydrogen-bond donors (Lipinski definition) is 8. The van der Waals surface area contributed by atoms with E-state index in [2.05, 4.69) is 16.0 Å². The summed E-state index contributed by atoms with van der Waals surface area (Å²) in [6, 6.07) is 20.9. The second-order valence-corrected chi connectivity index (χ2v) is 24.2. The fourth-order valence-corrected chi connectivity index (χ4v) is 12.3. The number of thiophene rings is 1. The number of aliphatic hydroxyl groups excluding tert-OH is 4. The number of nitrogens with two attached hydrogens (primary N) is 1. The molecule has 4 heterocycles. The van der Waals surface area contributed by atoms with Crippen molar-refractivity contribution < 1.29 is 68.1 Å². The second-order valence-electron chi connectivity index (χ2n) is 22.8. The highest BCUT2D eigenvalue weighted by atomic mass is 35.5. The van der Waals surface area contributed by atoms with E-state index in [1.54, 1.807) is 54.2 Å². The summed E-state index contributed by atoms with van der Waals surface area (Å²) < 4.78 is 23.8. The van der Waals surface area contributed by atoms with Crippen LogP contribution in [0.1, 0.15) is 88.8 Å². The number of halogens is 1. The minimum absolute atomic E-state index is 0.0535. The largest absolute Gasteiger partial charge is 0.464 e. The normalized spacial score (nSPS) is 20.4. The number of allylic oxidation sites excluding steroid dienone is 2. The van der Waals surface area contributed by atoms with Crippen molar-refractivity contribution in [1.29, 1.82) is 0 Å². The average molecular weight is 1240 g/mol. The van der Waals surface area contributed by atoms with Crippen LogP contribution in [0.2, 0.25) is 0 Å². The number of hydrogen-bond acceptors (Lipinski definition) is 17. The van der Waals surface area contributed by atoms with E-state index in [1.807, 2.05) is 74.5 Å². The highest BCUT2D eigenvalue weighted by Crippen LogP contribution is 2.47. The lowest BCUT2D eigenvalue weighted by Crippen LogP contribution is -2.51. The number of rotatable bonds is 24. The van der Waals surface area contributed by atoms with Gasteiger partial charge in [-0.25, -0.2) is 9.59 Å². The molecule has 9 rings (SSSR count). The Hall–Kier alpha value is -7.19. The van der Waals surface area contributed by atoms with Gasteiger partial charge in [-0.3, -0.25) is 24.5 Å². The molecule has 9 N–H and O–H groups in total. The second kappa shape index (κ2) is 29.2. The molecule has 3 unspecified atom stereocenters. The van der Waals surface area contributed by atoms with E-state index >= 15 is 0 Å². The van der Waals surface area contributed by atoms with Crippen LogP contribution in [0.3, 0.4) is 0 Å². The van der Waals surface area contributed by atoms with Crippen LogP contribution in [-0.2, 0) is 25.5 Å². The molecule has 0 bridgehead atoms. The average Bonchev–Trinajstić information content (AvgIpc) is 2.55. The van der Waals surface area contributed by atoms with E-state index in [-0.39, 0.29) is 86.3 Å². The molecule has 0 radical (unpaired) electrons. The zero-order valence-electron chi connectivity index (χ0n) is 49.2. The van der Waals surface area contributed by atoms with E-state index in [1.165, 1.54) is 9.80 Å². The van der Waals surface area contributed by atoms with E-state index in [4.69, 9.17) is 36.3 Å². The van der Waals surface area contributed by atoms with E-state index in [0.717, 1.165) is 45.0 Å². The van der Waals surface area contributed by atoms with Gasteiger partial charge in [-0.2, -0.15) is 0 Å². The molecule has 1 saturated heterocycles. The smallest absolute Gasteiger partial charge is 0.415 e. The Kier molecular flexibility index (Phi) is 21.6. The lowest BCUT2D eigenvalue weighted by Gasteiger charge is -2.36. The molecule has 5 aromatic rings. The number of alkyl halides is 1. The zero-order chi connectivity index (χ0) is 62.1. The van der Waals surface area contributed by atoms with Crippen molar-refractivity contribution in [2.45, 2.75) is 102 Å². The van der Waals surface area contributed by atoms with Gasteiger partial charge in [0.25, 0.3) is 11.8 Å². The van der Waals surface area contributed by atoms with Crippen LogP contribution >= 0.6 is 22.9 Å². The lowest BCUT2D eigenvalue weighted by molar-refractivity contribution is -0.229. The van der Waals surface area contributed by atoms with Gasteiger partial charge in [-0.1, -0.05) is 74.5 Å². The molecule has 3 aliphatic heterocycles. The SMILES string of the molecule is CC(C)CCC(=O)NCC(O)NC(CCCN)C(=O)NC1=CCC(COC(=O)N(C)CCN(C)C(=O)Oc2cc3c(c4ccccc24)CCN3C(=O)c2ccc(C(=O)N3C[C@@H](CCl)c4c3cc(O[C@H]3C[C@@H](O)[C@@H](O)[C@@H](CO)O3)c3ccccc43)s2)C=C1. The summed E-state index contributed by atoms with van der Waals surface area (Å²) in [6.45, 7) is 4.69. The summed E-state index contributed by atoms with van der Waals surface area (Å²) in [6.07, 6.45) is 1.31. The highest BCUT2D eigenvalue weighted by Gasteiger charge is 2.40. The zero-order valence-corrected chi connectivity index (χ0v) is 50.8. The Bertz CT molecular complexity index is 3400. The molecule has 8 atom stereocenters. The first kappa shape index (κ1) is 64.3. The number of benzene rings is 4. The predicted octanol–water partition coefficient (Wildman–Crippen LogP) is 6.09. The number of ether oxygens (including phenoxy) is 4. The maximum absolute atomic E-state index is 14.6. The molecule has 1 aromatic heterocycles. The lowest BCUT2D eigenvalue weighted by atomic mass is 9.95. The molecule has 4 aromatic carbocycles. The molecule has 22 nitrogen and oxygen atoms in total. The van der Waals surface area contributed by atoms with Crippen molar-refractivity contribution in [2.24, 2.45) is 17.6 Å². The number of anilines is 2. The number of carbonyl (C=O) groups excluding carboxylic acids is 6. The number of amides is 6. The molecular weight excluding hydrogens is 1160 g/mol. The van der Waals surface area contributed by atoms with Crippen LogP contribution in [0, 0.1) is 11.8 Å². The number of nitrogens with zero attached hydrogens (tertiary/aromatic N) is 4. The first-order valence-electron chi connectivity index (χ1n) is 29.5. The number of nitrogens with one attached hydrogen (secondary N) is 3. The summed E-state index contributed by atoms with van der Waals surface area (Å²) in [5, 5.41) is 52.8.